The van der Waals surface area contributed by atoms with E-state index in [0.717, 1.165) is 12.1 Å². The maximum Gasteiger partial charge on any atom is 0.416 e. The Kier molecular flexibility index (Phi) is 4.98. The highest BCUT2D eigenvalue weighted by Crippen LogP contribution is 2.30. The molecule has 3 rings (SSSR count). The highest BCUT2D eigenvalue weighted by Gasteiger charge is 2.30. The molecule has 0 fully saturated rings. The lowest BCUT2D eigenvalue weighted by Crippen LogP contribution is -2.23. The summed E-state index contributed by atoms with van der Waals surface area (Å²) in [4.78, 5) is 12.4. The molecule has 1 aromatic heterocycles. The van der Waals surface area contributed by atoms with Crippen molar-refractivity contribution in [3.05, 3.63) is 82.9 Å². The molecule has 1 amide bonds. The van der Waals surface area contributed by atoms with Gasteiger partial charge in [-0.2, -0.15) is 18.3 Å². The monoisotopic (exact) mass is 377 g/mol. The van der Waals surface area contributed by atoms with Gasteiger partial charge in [0.15, 0.2) is 0 Å². The first-order chi connectivity index (χ1) is 12.8. The number of rotatable bonds is 4. The average Bonchev–Trinajstić information content (AvgIpc) is 3.02. The smallest absolute Gasteiger partial charge is 0.348 e. The Bertz CT molecular complexity index is 979. The van der Waals surface area contributed by atoms with Gasteiger partial charge >= 0.3 is 6.18 Å². The van der Waals surface area contributed by atoms with Gasteiger partial charge in [0, 0.05) is 12.1 Å². The Morgan fingerprint density at radius 2 is 1.89 bits per heavy atom. The molecule has 0 saturated carbocycles. The molecule has 0 unspecified atom stereocenters. The standard InChI is InChI=1S/C19H15F4N3O/c1-12-16(18(27)24-10-13-5-2-3-8-17(13)20)11-25-26(12)15-7-4-6-14(9-15)19(21,22)23/h2-9,11H,10H2,1H3,(H,24,27). The summed E-state index contributed by atoms with van der Waals surface area (Å²) in [6, 6.07) is 10.7. The van der Waals surface area contributed by atoms with E-state index in [1.807, 2.05) is 0 Å². The highest BCUT2D eigenvalue weighted by molar-refractivity contribution is 5.95. The summed E-state index contributed by atoms with van der Waals surface area (Å²) in [5, 5.41) is 6.60. The molecule has 8 heteroatoms. The Hall–Kier alpha value is -3.16. The van der Waals surface area contributed by atoms with Crippen LogP contribution in [0.1, 0.15) is 27.2 Å². The van der Waals surface area contributed by atoms with Crippen LogP contribution in [0, 0.1) is 12.7 Å². The fourth-order valence-electron chi connectivity index (χ4n) is 2.62. The normalized spacial score (nSPS) is 11.4. The van der Waals surface area contributed by atoms with Gasteiger partial charge in [-0.3, -0.25) is 4.79 Å². The van der Waals surface area contributed by atoms with Crippen LogP contribution < -0.4 is 5.32 Å². The molecule has 0 aliphatic heterocycles. The number of hydrogen-bond donors (Lipinski definition) is 1. The Balaban J connectivity index is 1.81. The summed E-state index contributed by atoms with van der Waals surface area (Å²) < 4.78 is 53.5. The maximum absolute atomic E-state index is 13.6. The Labute approximate surface area is 152 Å². The summed E-state index contributed by atoms with van der Waals surface area (Å²) in [6.45, 7) is 1.56. The zero-order valence-electron chi connectivity index (χ0n) is 14.2. The molecule has 1 heterocycles. The van der Waals surface area contributed by atoms with E-state index < -0.39 is 23.5 Å². The summed E-state index contributed by atoms with van der Waals surface area (Å²) in [7, 11) is 0. The summed E-state index contributed by atoms with van der Waals surface area (Å²) in [5.41, 5.74) is 0.286. The summed E-state index contributed by atoms with van der Waals surface area (Å²) >= 11 is 0. The molecular weight excluding hydrogens is 362 g/mol. The van der Waals surface area contributed by atoms with Gasteiger partial charge in [-0.15, -0.1) is 0 Å². The number of amides is 1. The van der Waals surface area contributed by atoms with Gasteiger partial charge < -0.3 is 5.32 Å². The number of halogens is 4. The van der Waals surface area contributed by atoms with Crippen LogP contribution in [0.3, 0.4) is 0 Å². The van der Waals surface area contributed by atoms with Gasteiger partial charge in [0.2, 0.25) is 0 Å². The number of nitrogens with one attached hydrogen (secondary N) is 1. The second-order valence-electron chi connectivity index (χ2n) is 5.88. The zero-order chi connectivity index (χ0) is 19.6. The SMILES string of the molecule is Cc1c(C(=O)NCc2ccccc2F)cnn1-c1cccc(C(F)(F)F)c1. The number of aromatic nitrogens is 2. The summed E-state index contributed by atoms with van der Waals surface area (Å²) in [5.74, 6) is -0.928. The Morgan fingerprint density at radius 3 is 2.59 bits per heavy atom. The third-order valence-corrected chi connectivity index (χ3v) is 4.07. The topological polar surface area (TPSA) is 46.9 Å². The van der Waals surface area contributed by atoms with Crippen LogP contribution in [-0.2, 0) is 12.7 Å². The molecule has 3 aromatic rings. The molecule has 1 N–H and O–H groups in total. The number of hydrogen-bond acceptors (Lipinski definition) is 2. The van der Waals surface area contributed by atoms with Gasteiger partial charge in [-0.25, -0.2) is 9.07 Å². The minimum absolute atomic E-state index is 0.0142. The molecule has 0 aliphatic rings. The van der Waals surface area contributed by atoms with Crippen molar-refractivity contribution in [2.45, 2.75) is 19.6 Å². The van der Waals surface area contributed by atoms with Crippen molar-refractivity contribution in [3.8, 4) is 5.69 Å². The van der Waals surface area contributed by atoms with Gasteiger partial charge in [-0.1, -0.05) is 24.3 Å². The van der Waals surface area contributed by atoms with E-state index in [0.29, 0.717) is 11.3 Å². The van der Waals surface area contributed by atoms with Gasteiger partial charge in [-0.05, 0) is 31.2 Å². The molecule has 0 saturated heterocycles. The lowest BCUT2D eigenvalue weighted by atomic mass is 10.2. The minimum atomic E-state index is -4.48. The second-order valence-corrected chi connectivity index (χ2v) is 5.88. The first-order valence-corrected chi connectivity index (χ1v) is 8.01. The predicted octanol–water partition coefficient (Wildman–Crippen LogP) is 4.27. The van der Waals surface area contributed by atoms with Gasteiger partial charge in [0.05, 0.1) is 28.7 Å². The van der Waals surface area contributed by atoms with E-state index >= 15 is 0 Å². The average molecular weight is 377 g/mol. The number of carbonyl (C=O) groups excluding carboxylic acids is 1. The quantitative estimate of drug-likeness (QED) is 0.691. The fourth-order valence-corrected chi connectivity index (χ4v) is 2.62. The maximum atomic E-state index is 13.6. The van der Waals surface area contributed by atoms with E-state index in [1.165, 1.54) is 29.1 Å². The highest BCUT2D eigenvalue weighted by atomic mass is 19.4. The van der Waals surface area contributed by atoms with Crippen LogP contribution in [0.15, 0.2) is 54.7 Å². The molecule has 0 aliphatic carbocycles. The van der Waals surface area contributed by atoms with E-state index in [4.69, 9.17) is 0 Å². The predicted molar refractivity (Wildman–Crippen MR) is 90.9 cm³/mol. The number of benzene rings is 2. The molecule has 0 radical (unpaired) electrons. The van der Waals surface area contributed by atoms with Crippen molar-refractivity contribution in [2.75, 3.05) is 0 Å². The van der Waals surface area contributed by atoms with E-state index in [9.17, 15) is 22.4 Å². The third kappa shape index (κ3) is 3.99. The first kappa shape index (κ1) is 18.6. The van der Waals surface area contributed by atoms with Crippen LogP contribution in [0.25, 0.3) is 5.69 Å². The largest absolute Gasteiger partial charge is 0.416 e. The van der Waals surface area contributed by atoms with E-state index in [-0.39, 0.29) is 17.8 Å². The van der Waals surface area contributed by atoms with Crippen LogP contribution >= 0.6 is 0 Å². The molecule has 0 spiro atoms. The lowest BCUT2D eigenvalue weighted by Gasteiger charge is -2.10. The van der Waals surface area contributed by atoms with Crippen LogP contribution in [0.4, 0.5) is 17.6 Å². The minimum Gasteiger partial charge on any atom is -0.348 e. The molecule has 140 valence electrons. The van der Waals surface area contributed by atoms with Gasteiger partial charge in [0.25, 0.3) is 5.91 Å². The van der Waals surface area contributed by atoms with Crippen LogP contribution in [0.2, 0.25) is 0 Å². The van der Waals surface area contributed by atoms with E-state index in [2.05, 4.69) is 10.4 Å². The molecular formula is C19H15F4N3O. The van der Waals surface area contributed by atoms with Crippen molar-refractivity contribution in [1.82, 2.24) is 15.1 Å². The fraction of sp³-hybridized carbons (Fsp3) is 0.158. The summed E-state index contributed by atoms with van der Waals surface area (Å²) in [6.07, 6.45) is -3.21. The number of nitrogens with zero attached hydrogens (tertiary/aromatic N) is 2. The van der Waals surface area contributed by atoms with Crippen molar-refractivity contribution in [1.29, 1.82) is 0 Å². The van der Waals surface area contributed by atoms with Crippen molar-refractivity contribution in [2.24, 2.45) is 0 Å². The van der Waals surface area contributed by atoms with Gasteiger partial charge in [0.1, 0.15) is 5.82 Å². The Morgan fingerprint density at radius 1 is 1.15 bits per heavy atom. The number of alkyl halides is 3. The zero-order valence-corrected chi connectivity index (χ0v) is 14.2. The molecule has 0 atom stereocenters. The first-order valence-electron chi connectivity index (χ1n) is 8.01. The molecule has 0 bridgehead atoms. The van der Waals surface area contributed by atoms with Crippen LogP contribution in [-0.4, -0.2) is 15.7 Å². The number of carbonyl (C=O) groups is 1. The molecule has 27 heavy (non-hydrogen) atoms. The van der Waals surface area contributed by atoms with Crippen molar-refractivity contribution >= 4 is 5.91 Å². The second kappa shape index (κ2) is 7.22. The van der Waals surface area contributed by atoms with E-state index in [1.54, 1.807) is 25.1 Å². The van der Waals surface area contributed by atoms with Crippen molar-refractivity contribution in [3.63, 3.8) is 0 Å². The molecule has 4 nitrogen and oxygen atoms in total. The third-order valence-electron chi connectivity index (χ3n) is 4.07. The molecule has 2 aromatic carbocycles. The van der Waals surface area contributed by atoms with Crippen LogP contribution in [0.5, 0.6) is 0 Å². The lowest BCUT2D eigenvalue weighted by molar-refractivity contribution is -0.137. The van der Waals surface area contributed by atoms with Crippen molar-refractivity contribution < 1.29 is 22.4 Å².